The van der Waals surface area contributed by atoms with Crippen LogP contribution in [0.15, 0.2) is 35.0 Å². The van der Waals surface area contributed by atoms with Gasteiger partial charge in [0.2, 0.25) is 5.91 Å². The number of hydrogen-bond acceptors (Lipinski definition) is 3. The van der Waals surface area contributed by atoms with Crippen LogP contribution in [0.3, 0.4) is 0 Å². The van der Waals surface area contributed by atoms with Gasteiger partial charge in [0.1, 0.15) is 6.04 Å². The minimum absolute atomic E-state index is 0.0348. The molecule has 0 bridgehead atoms. The molecule has 0 saturated heterocycles. The van der Waals surface area contributed by atoms with Gasteiger partial charge in [0.15, 0.2) is 0 Å². The Balaban J connectivity index is 2.08. The minimum atomic E-state index is -4.53. The van der Waals surface area contributed by atoms with E-state index in [1.807, 2.05) is 0 Å². The number of nitrogens with one attached hydrogen (secondary N) is 1. The fraction of sp³-hybridized carbons (Fsp3) is 0.267. The molecule has 0 spiro atoms. The summed E-state index contributed by atoms with van der Waals surface area (Å²) in [5.41, 5.74) is 0.850. The van der Waals surface area contributed by atoms with Crippen LogP contribution in [-0.4, -0.2) is 23.5 Å². The van der Waals surface area contributed by atoms with Gasteiger partial charge in [-0.05, 0) is 40.6 Å². The Labute approximate surface area is 139 Å². The molecule has 0 fully saturated rings. The third-order valence-electron chi connectivity index (χ3n) is 3.57. The number of halogens is 4. The molecule has 2 heterocycles. The van der Waals surface area contributed by atoms with Crippen molar-refractivity contribution in [1.82, 2.24) is 4.90 Å². The topological polar surface area (TPSA) is 32.3 Å². The number of carbonyl (C=O) groups is 1. The summed E-state index contributed by atoms with van der Waals surface area (Å²) in [6.45, 7) is -0.306. The van der Waals surface area contributed by atoms with Crippen molar-refractivity contribution in [2.24, 2.45) is 0 Å². The third-order valence-corrected chi connectivity index (χ3v) is 4.54. The summed E-state index contributed by atoms with van der Waals surface area (Å²) in [6, 6.07) is 3.99. The van der Waals surface area contributed by atoms with Crippen molar-refractivity contribution in [2.45, 2.75) is 18.8 Å². The van der Waals surface area contributed by atoms with Crippen LogP contribution in [0.1, 0.15) is 17.2 Å². The molecule has 23 heavy (non-hydrogen) atoms. The molecule has 2 aromatic rings. The normalized spacial score (nSPS) is 19.1. The molecule has 1 aromatic carbocycles. The van der Waals surface area contributed by atoms with Crippen molar-refractivity contribution < 1.29 is 18.0 Å². The Hall–Kier alpha value is -1.57. The number of alkyl halides is 3. The van der Waals surface area contributed by atoms with E-state index >= 15 is 0 Å². The van der Waals surface area contributed by atoms with Crippen molar-refractivity contribution >= 4 is 34.5 Å². The zero-order chi connectivity index (χ0) is 16.6. The zero-order valence-electron chi connectivity index (χ0n) is 11.7. The van der Waals surface area contributed by atoms with Gasteiger partial charge in [0.25, 0.3) is 0 Å². The first-order valence-electron chi connectivity index (χ1n) is 6.76. The lowest BCUT2D eigenvalue weighted by Gasteiger charge is -2.31. The summed E-state index contributed by atoms with van der Waals surface area (Å²) in [4.78, 5) is 13.1. The van der Waals surface area contributed by atoms with Gasteiger partial charge < -0.3 is 5.32 Å². The maximum atomic E-state index is 13.7. The van der Waals surface area contributed by atoms with Gasteiger partial charge >= 0.3 is 6.18 Å². The SMILES string of the molecule is O=C1CN(Cc2ccsc2)C(C(F)(F)F)c2cc(Cl)ccc2N1. The van der Waals surface area contributed by atoms with Crippen LogP contribution < -0.4 is 5.32 Å². The number of fused-ring (bicyclic) bond motifs is 1. The van der Waals surface area contributed by atoms with E-state index in [1.165, 1.54) is 29.5 Å². The van der Waals surface area contributed by atoms with E-state index in [9.17, 15) is 18.0 Å². The van der Waals surface area contributed by atoms with Crippen LogP contribution in [-0.2, 0) is 11.3 Å². The summed E-state index contributed by atoms with van der Waals surface area (Å²) in [5.74, 6) is -0.476. The van der Waals surface area contributed by atoms with E-state index in [0.29, 0.717) is 0 Å². The molecule has 1 atom stereocenters. The van der Waals surface area contributed by atoms with Gasteiger partial charge in [-0.1, -0.05) is 11.6 Å². The average Bonchev–Trinajstić information content (AvgIpc) is 2.88. The Kier molecular flexibility index (Phi) is 4.35. The average molecular weight is 361 g/mol. The lowest BCUT2D eigenvalue weighted by molar-refractivity contribution is -0.187. The third kappa shape index (κ3) is 3.52. The summed E-state index contributed by atoms with van der Waals surface area (Å²) >= 11 is 7.28. The number of nitrogens with zero attached hydrogens (tertiary/aromatic N) is 1. The molecular formula is C15H12ClF3N2OS. The van der Waals surface area contributed by atoms with E-state index in [2.05, 4.69) is 5.32 Å². The number of thiophene rings is 1. The maximum absolute atomic E-state index is 13.7. The number of hydrogen-bond donors (Lipinski definition) is 1. The highest BCUT2D eigenvalue weighted by atomic mass is 35.5. The molecule has 0 aliphatic carbocycles. The smallest absolute Gasteiger partial charge is 0.325 e. The van der Waals surface area contributed by atoms with Gasteiger partial charge in [-0.2, -0.15) is 24.5 Å². The second-order valence-electron chi connectivity index (χ2n) is 5.26. The van der Waals surface area contributed by atoms with Crippen molar-refractivity contribution in [3.05, 3.63) is 51.2 Å². The summed E-state index contributed by atoms with van der Waals surface area (Å²) in [7, 11) is 0. The number of anilines is 1. The Morgan fingerprint density at radius 1 is 1.35 bits per heavy atom. The highest BCUT2D eigenvalue weighted by molar-refractivity contribution is 7.07. The second-order valence-corrected chi connectivity index (χ2v) is 6.48. The van der Waals surface area contributed by atoms with Crippen molar-refractivity contribution in [3.63, 3.8) is 0 Å². The highest BCUT2D eigenvalue weighted by Crippen LogP contribution is 2.43. The lowest BCUT2D eigenvalue weighted by Crippen LogP contribution is -2.40. The molecule has 122 valence electrons. The van der Waals surface area contributed by atoms with E-state index < -0.39 is 18.1 Å². The van der Waals surface area contributed by atoms with Gasteiger partial charge in [-0.15, -0.1) is 0 Å². The maximum Gasteiger partial charge on any atom is 0.408 e. The lowest BCUT2D eigenvalue weighted by atomic mass is 10.0. The number of amides is 1. The van der Waals surface area contributed by atoms with E-state index in [0.717, 1.165) is 10.5 Å². The summed E-state index contributed by atoms with van der Waals surface area (Å²) < 4.78 is 41.2. The van der Waals surface area contributed by atoms with Crippen molar-refractivity contribution in [1.29, 1.82) is 0 Å². The predicted molar refractivity (Wildman–Crippen MR) is 83.6 cm³/mol. The highest BCUT2D eigenvalue weighted by Gasteiger charge is 2.47. The Morgan fingerprint density at radius 2 is 2.13 bits per heavy atom. The summed E-state index contributed by atoms with van der Waals surface area (Å²) in [6.07, 6.45) is -4.53. The first-order chi connectivity index (χ1) is 10.8. The van der Waals surface area contributed by atoms with E-state index in [-0.39, 0.29) is 29.4 Å². The quantitative estimate of drug-likeness (QED) is 0.857. The Bertz CT molecular complexity index is 718. The molecule has 0 radical (unpaired) electrons. The number of benzene rings is 1. The molecule has 1 N–H and O–H groups in total. The number of carbonyl (C=O) groups excluding carboxylic acids is 1. The summed E-state index contributed by atoms with van der Waals surface area (Å²) in [5, 5.41) is 6.29. The largest absolute Gasteiger partial charge is 0.408 e. The molecule has 1 aliphatic heterocycles. The molecular weight excluding hydrogens is 349 g/mol. The zero-order valence-corrected chi connectivity index (χ0v) is 13.3. The van der Waals surface area contributed by atoms with Crippen LogP contribution in [0.2, 0.25) is 5.02 Å². The Morgan fingerprint density at radius 3 is 2.78 bits per heavy atom. The van der Waals surface area contributed by atoms with Crippen LogP contribution in [0.5, 0.6) is 0 Å². The van der Waals surface area contributed by atoms with Crippen LogP contribution in [0.25, 0.3) is 0 Å². The molecule has 0 saturated carbocycles. The van der Waals surface area contributed by atoms with Gasteiger partial charge in [-0.3, -0.25) is 9.69 Å². The monoisotopic (exact) mass is 360 g/mol. The van der Waals surface area contributed by atoms with Crippen molar-refractivity contribution in [2.75, 3.05) is 11.9 Å². The van der Waals surface area contributed by atoms with Crippen LogP contribution in [0.4, 0.5) is 18.9 Å². The fourth-order valence-corrected chi connectivity index (χ4v) is 3.52. The second kappa shape index (κ2) is 6.14. The molecule has 1 aromatic heterocycles. The molecule has 8 heteroatoms. The van der Waals surface area contributed by atoms with E-state index in [1.54, 1.807) is 16.8 Å². The molecule has 3 nitrogen and oxygen atoms in total. The van der Waals surface area contributed by atoms with Gasteiger partial charge in [0, 0.05) is 22.8 Å². The van der Waals surface area contributed by atoms with Crippen LogP contribution in [0, 0.1) is 0 Å². The van der Waals surface area contributed by atoms with Crippen LogP contribution >= 0.6 is 22.9 Å². The standard InChI is InChI=1S/C15H12ClF3N2OS/c16-10-1-2-12-11(5-10)14(15(17,18)19)21(7-13(22)20-12)6-9-3-4-23-8-9/h1-5,8,14H,6-7H2,(H,20,22). The fourth-order valence-electron chi connectivity index (χ4n) is 2.68. The van der Waals surface area contributed by atoms with E-state index in [4.69, 9.17) is 11.6 Å². The first kappa shape index (κ1) is 16.3. The van der Waals surface area contributed by atoms with Gasteiger partial charge in [0.05, 0.1) is 6.54 Å². The molecule has 1 unspecified atom stereocenters. The predicted octanol–water partition coefficient (Wildman–Crippen LogP) is 4.46. The van der Waals surface area contributed by atoms with Gasteiger partial charge in [-0.25, -0.2) is 0 Å². The minimum Gasteiger partial charge on any atom is -0.325 e. The first-order valence-corrected chi connectivity index (χ1v) is 8.08. The molecule has 1 amide bonds. The molecule has 1 aliphatic rings. The van der Waals surface area contributed by atoms with Crippen molar-refractivity contribution in [3.8, 4) is 0 Å². The molecule has 3 rings (SSSR count). The number of rotatable bonds is 2.